The molecule has 9 atom stereocenters. The maximum absolute atomic E-state index is 13.0. The minimum Gasteiger partial charge on any atom is -0.394 e. The molecule has 0 unspecified atom stereocenters. The normalized spacial score (nSPS) is 22.6. The number of carbonyl (C=O) groups excluding carboxylic acids is 1. The first kappa shape index (κ1) is 50.6. The van der Waals surface area contributed by atoms with Gasteiger partial charge in [0.25, 0.3) is 0 Å². The second-order valence-corrected chi connectivity index (χ2v) is 15.6. The molecule has 8 N–H and O–H groups in total. The van der Waals surface area contributed by atoms with Crippen LogP contribution in [-0.4, -0.2) is 110 Å². The average Bonchev–Trinajstić information content (AvgIpc) is 3.17. The first-order valence-electron chi connectivity index (χ1n) is 21.7. The Bertz CT molecular complexity index is 949. The highest BCUT2D eigenvalue weighted by Crippen LogP contribution is 2.23. The molecule has 1 aliphatic rings. The topological polar surface area (TPSA) is 189 Å². The van der Waals surface area contributed by atoms with E-state index in [-0.39, 0.29) is 13.0 Å². The summed E-state index contributed by atoms with van der Waals surface area (Å²) in [6.07, 6.45) is 19.6. The first-order chi connectivity index (χ1) is 26.1. The Kier molecular flexibility index (Phi) is 30.6. The van der Waals surface area contributed by atoms with Crippen molar-refractivity contribution in [3.8, 4) is 0 Å². The predicted octanol–water partition coefficient (Wildman–Crippen LogP) is 6.28. The minimum absolute atomic E-state index is 0.275. The Morgan fingerprint density at radius 3 is 1.72 bits per heavy atom. The van der Waals surface area contributed by atoms with Crippen molar-refractivity contribution in [2.24, 2.45) is 0 Å². The molecule has 0 aromatic rings. The smallest absolute Gasteiger partial charge is 0.249 e. The number of aliphatic hydroxyl groups excluding tert-OH is 7. The number of aliphatic hydroxyl groups is 7. The zero-order valence-electron chi connectivity index (χ0n) is 34.0. The van der Waals surface area contributed by atoms with Crippen LogP contribution in [0, 0.1) is 0 Å². The highest BCUT2D eigenvalue weighted by atomic mass is 16.7. The predicted molar refractivity (Wildman–Crippen MR) is 215 cm³/mol. The summed E-state index contributed by atoms with van der Waals surface area (Å²) in [4.78, 5) is 13.0. The highest BCUT2D eigenvalue weighted by Gasteiger charge is 2.44. The molecule has 0 bridgehead atoms. The van der Waals surface area contributed by atoms with E-state index < -0.39 is 67.6 Å². The Balaban J connectivity index is 2.56. The van der Waals surface area contributed by atoms with E-state index in [0.29, 0.717) is 19.3 Å². The monoisotopic (exact) mass is 772 g/mol. The van der Waals surface area contributed by atoms with Crippen LogP contribution in [-0.2, 0) is 14.3 Å². The van der Waals surface area contributed by atoms with E-state index in [2.05, 4.69) is 25.7 Å². The number of amides is 1. The second kappa shape index (κ2) is 32.7. The van der Waals surface area contributed by atoms with Crippen LogP contribution in [0.3, 0.4) is 0 Å². The number of hydrogen-bond donors (Lipinski definition) is 8. The van der Waals surface area contributed by atoms with Gasteiger partial charge < -0.3 is 50.5 Å². The average molecular weight is 772 g/mol. The lowest BCUT2D eigenvalue weighted by Crippen LogP contribution is -2.60. The molecular weight excluding hydrogens is 690 g/mol. The van der Waals surface area contributed by atoms with Gasteiger partial charge in [-0.2, -0.15) is 0 Å². The van der Waals surface area contributed by atoms with Gasteiger partial charge in [-0.25, -0.2) is 0 Å². The number of unbranched alkanes of at least 4 members (excludes halogenated alkanes) is 19. The molecule has 1 saturated heterocycles. The van der Waals surface area contributed by atoms with Crippen molar-refractivity contribution >= 4 is 5.91 Å². The summed E-state index contributed by atoms with van der Waals surface area (Å²) in [6, 6.07) is -1.07. The molecule has 1 fully saturated rings. The Morgan fingerprint density at radius 2 is 1.20 bits per heavy atom. The molecule has 0 radical (unpaired) electrons. The van der Waals surface area contributed by atoms with Gasteiger partial charge in [0.1, 0.15) is 30.5 Å². The van der Waals surface area contributed by atoms with Crippen molar-refractivity contribution < 1.29 is 50.0 Å². The minimum atomic E-state index is -1.65. The lowest BCUT2D eigenvalue weighted by Gasteiger charge is -2.40. The number of rotatable bonds is 35. The molecule has 54 heavy (non-hydrogen) atoms. The molecule has 1 rings (SSSR count). The molecule has 11 nitrogen and oxygen atoms in total. The Hall–Kier alpha value is -1.41. The molecule has 0 spiro atoms. The van der Waals surface area contributed by atoms with E-state index >= 15 is 0 Å². The van der Waals surface area contributed by atoms with Gasteiger partial charge in [0.2, 0.25) is 5.91 Å². The van der Waals surface area contributed by atoms with Crippen LogP contribution in [0.2, 0.25) is 0 Å². The first-order valence-corrected chi connectivity index (χ1v) is 21.7. The fraction of sp³-hybridized carbons (Fsp3) is 0.884. The third-order valence-electron chi connectivity index (χ3n) is 10.7. The summed E-state index contributed by atoms with van der Waals surface area (Å²) >= 11 is 0. The van der Waals surface area contributed by atoms with Gasteiger partial charge in [-0.1, -0.05) is 161 Å². The second-order valence-electron chi connectivity index (χ2n) is 15.6. The Labute approximate surface area is 327 Å². The molecule has 0 saturated carbocycles. The summed E-state index contributed by atoms with van der Waals surface area (Å²) in [7, 11) is 0. The van der Waals surface area contributed by atoms with E-state index in [1.165, 1.54) is 102 Å². The van der Waals surface area contributed by atoms with Crippen molar-refractivity contribution in [1.29, 1.82) is 0 Å². The van der Waals surface area contributed by atoms with Crippen molar-refractivity contribution in [2.75, 3.05) is 13.2 Å². The van der Waals surface area contributed by atoms with Crippen LogP contribution in [0.5, 0.6) is 0 Å². The number of nitrogens with one attached hydrogen (secondary N) is 1. The van der Waals surface area contributed by atoms with Gasteiger partial charge in [0, 0.05) is 0 Å². The van der Waals surface area contributed by atoms with E-state index in [1.54, 1.807) is 6.08 Å². The van der Waals surface area contributed by atoms with Crippen LogP contribution in [0.15, 0.2) is 24.3 Å². The lowest BCUT2D eigenvalue weighted by molar-refractivity contribution is -0.302. The summed E-state index contributed by atoms with van der Waals surface area (Å²) in [5.74, 6) is -0.670. The summed E-state index contributed by atoms with van der Waals surface area (Å²) in [5, 5.41) is 75.1. The molecule has 1 amide bonds. The molecule has 0 aromatic heterocycles. The summed E-state index contributed by atoms with van der Waals surface area (Å²) < 4.78 is 11.1. The van der Waals surface area contributed by atoms with E-state index in [1.807, 2.05) is 0 Å². The largest absolute Gasteiger partial charge is 0.394 e. The molecule has 0 aliphatic carbocycles. The lowest BCUT2D eigenvalue weighted by atomic mass is 9.99. The van der Waals surface area contributed by atoms with Crippen LogP contribution in [0.1, 0.15) is 174 Å². The van der Waals surface area contributed by atoms with Crippen LogP contribution in [0.25, 0.3) is 0 Å². The number of allylic oxidation sites excluding steroid dienone is 1. The number of hydrogen-bond acceptors (Lipinski definition) is 10. The molecule has 1 heterocycles. The quantitative estimate of drug-likeness (QED) is 0.0269. The molecular formula is C43H81NO10. The molecule has 318 valence electrons. The highest BCUT2D eigenvalue weighted by molar-refractivity contribution is 5.80. The zero-order valence-corrected chi connectivity index (χ0v) is 34.0. The van der Waals surface area contributed by atoms with E-state index in [4.69, 9.17) is 9.47 Å². The molecule has 0 aromatic carbocycles. The van der Waals surface area contributed by atoms with Gasteiger partial charge >= 0.3 is 0 Å². The van der Waals surface area contributed by atoms with Gasteiger partial charge in [-0.05, 0) is 37.7 Å². The summed E-state index contributed by atoms with van der Waals surface area (Å²) in [5.41, 5.74) is 0.795. The number of carbonyl (C=O) groups is 1. The van der Waals surface area contributed by atoms with Crippen molar-refractivity contribution in [2.45, 2.75) is 229 Å². The SMILES string of the molecule is C=C(CCCCCCCCC)[C@H](O)CC/C=C/[C@@H](O)[C@H](CO[C@@H]1O[C@H](CO)[C@@H](O)[C@H](O)[C@H]1O)NC(=O)[C@H](O)CCCCCCCCCCCCCCCC. The van der Waals surface area contributed by atoms with Gasteiger partial charge in [0.15, 0.2) is 6.29 Å². The van der Waals surface area contributed by atoms with Crippen molar-refractivity contribution in [1.82, 2.24) is 5.32 Å². The maximum Gasteiger partial charge on any atom is 0.249 e. The maximum atomic E-state index is 13.0. The van der Waals surface area contributed by atoms with Gasteiger partial charge in [-0.15, -0.1) is 0 Å². The third-order valence-corrected chi connectivity index (χ3v) is 10.7. The fourth-order valence-electron chi connectivity index (χ4n) is 6.88. The van der Waals surface area contributed by atoms with E-state index in [0.717, 1.165) is 44.1 Å². The van der Waals surface area contributed by atoms with Gasteiger partial charge in [0.05, 0.1) is 31.5 Å². The fourth-order valence-corrected chi connectivity index (χ4v) is 6.88. The Morgan fingerprint density at radius 1 is 0.704 bits per heavy atom. The van der Waals surface area contributed by atoms with Crippen molar-refractivity contribution in [3.63, 3.8) is 0 Å². The van der Waals surface area contributed by atoms with Crippen molar-refractivity contribution in [3.05, 3.63) is 24.3 Å². The van der Waals surface area contributed by atoms with E-state index in [9.17, 15) is 40.5 Å². The van der Waals surface area contributed by atoms with Gasteiger partial charge in [-0.3, -0.25) is 4.79 Å². The van der Waals surface area contributed by atoms with Crippen LogP contribution >= 0.6 is 0 Å². The third kappa shape index (κ3) is 23.0. The van der Waals surface area contributed by atoms with Crippen LogP contribution < -0.4 is 5.32 Å². The van der Waals surface area contributed by atoms with Crippen LogP contribution in [0.4, 0.5) is 0 Å². The molecule has 1 aliphatic heterocycles. The zero-order chi connectivity index (χ0) is 40.0. The standard InChI is InChI=1S/C43H81NO10/c1-4-6-8-10-12-13-14-15-16-17-18-20-22-24-30-37(48)42(52)44-34(32-53-43-41(51)40(50)39(49)38(31-45)54-43)36(47)29-26-25-28-35(46)33(3)27-23-21-19-11-9-7-5-2/h26,29,34-41,43,45-51H,3-25,27-28,30-32H2,1-2H3,(H,44,52)/b29-26+/t34-,35+,36+,37+,38+,39+,40-,41+,43+/m0/s1. The molecule has 11 heteroatoms. The summed E-state index contributed by atoms with van der Waals surface area (Å²) in [6.45, 7) is 7.50. The number of ether oxygens (including phenoxy) is 2.